The van der Waals surface area contributed by atoms with Crippen molar-refractivity contribution in [1.29, 1.82) is 0 Å². The average Bonchev–Trinajstić information content (AvgIpc) is 2.72. The van der Waals surface area contributed by atoms with E-state index < -0.39 is 10.0 Å². The van der Waals surface area contributed by atoms with Crippen molar-refractivity contribution in [3.63, 3.8) is 0 Å². The zero-order valence-electron chi connectivity index (χ0n) is 16.6. The van der Waals surface area contributed by atoms with E-state index >= 15 is 0 Å². The standard InChI is InChI=1S/C22H20Cl2N2O4S/c1-2-30-19-10-7-17(8-11-19)26-31(28,29)21-14-18(9-12-20(21)24)25-22(27)13-15-3-5-16(23)6-4-15/h3-12,14,26H,2,13H2,1H3,(H,25,27). The number of benzene rings is 3. The highest BCUT2D eigenvalue weighted by Crippen LogP contribution is 2.27. The first-order chi connectivity index (χ1) is 14.8. The molecular formula is C22H20Cl2N2O4S. The van der Waals surface area contributed by atoms with Crippen LogP contribution < -0.4 is 14.8 Å². The summed E-state index contributed by atoms with van der Waals surface area (Å²) in [6, 6.07) is 17.7. The van der Waals surface area contributed by atoms with Crippen LogP contribution in [0.1, 0.15) is 12.5 Å². The molecule has 0 atom stereocenters. The van der Waals surface area contributed by atoms with Crippen molar-refractivity contribution in [2.75, 3.05) is 16.6 Å². The van der Waals surface area contributed by atoms with Crippen LogP contribution in [-0.4, -0.2) is 20.9 Å². The molecule has 0 saturated carbocycles. The highest BCUT2D eigenvalue weighted by atomic mass is 35.5. The van der Waals surface area contributed by atoms with E-state index in [1.54, 1.807) is 48.5 Å². The molecule has 0 aliphatic heterocycles. The van der Waals surface area contributed by atoms with Gasteiger partial charge in [0.15, 0.2) is 0 Å². The van der Waals surface area contributed by atoms with E-state index in [9.17, 15) is 13.2 Å². The number of anilines is 2. The number of halogens is 2. The van der Waals surface area contributed by atoms with Crippen LogP contribution in [-0.2, 0) is 21.2 Å². The lowest BCUT2D eigenvalue weighted by Gasteiger charge is -2.12. The fourth-order valence-electron chi connectivity index (χ4n) is 2.78. The Morgan fingerprint density at radius 3 is 2.23 bits per heavy atom. The van der Waals surface area contributed by atoms with Gasteiger partial charge in [0.2, 0.25) is 5.91 Å². The molecule has 162 valence electrons. The second-order valence-electron chi connectivity index (χ2n) is 6.56. The molecule has 0 unspecified atom stereocenters. The monoisotopic (exact) mass is 478 g/mol. The van der Waals surface area contributed by atoms with Gasteiger partial charge in [0.25, 0.3) is 10.0 Å². The second kappa shape index (κ2) is 10.0. The van der Waals surface area contributed by atoms with Crippen molar-refractivity contribution in [1.82, 2.24) is 0 Å². The van der Waals surface area contributed by atoms with Crippen LogP contribution in [0.15, 0.2) is 71.6 Å². The Labute approximate surface area is 191 Å². The fraction of sp³-hybridized carbons (Fsp3) is 0.136. The summed E-state index contributed by atoms with van der Waals surface area (Å²) in [5.41, 5.74) is 1.45. The number of carbonyl (C=O) groups excluding carboxylic acids is 1. The molecule has 0 aromatic heterocycles. The van der Waals surface area contributed by atoms with Crippen molar-refractivity contribution in [2.45, 2.75) is 18.2 Å². The van der Waals surface area contributed by atoms with Crippen LogP contribution in [0.3, 0.4) is 0 Å². The normalized spacial score (nSPS) is 11.1. The molecule has 6 nitrogen and oxygen atoms in total. The summed E-state index contributed by atoms with van der Waals surface area (Å²) in [6.45, 7) is 2.37. The lowest BCUT2D eigenvalue weighted by Crippen LogP contribution is -2.16. The molecule has 9 heteroatoms. The minimum Gasteiger partial charge on any atom is -0.494 e. The van der Waals surface area contributed by atoms with Crippen molar-refractivity contribution < 1.29 is 17.9 Å². The molecule has 1 amide bonds. The first-order valence-electron chi connectivity index (χ1n) is 9.36. The summed E-state index contributed by atoms with van der Waals surface area (Å²) < 4.78 is 33.5. The van der Waals surface area contributed by atoms with Crippen LogP contribution >= 0.6 is 23.2 Å². The van der Waals surface area contributed by atoms with Crippen LogP contribution in [0.2, 0.25) is 10.0 Å². The molecule has 31 heavy (non-hydrogen) atoms. The quantitative estimate of drug-likeness (QED) is 0.455. The van der Waals surface area contributed by atoms with Crippen molar-refractivity contribution in [2.24, 2.45) is 0 Å². The van der Waals surface area contributed by atoms with Crippen LogP contribution in [0.4, 0.5) is 11.4 Å². The van der Waals surface area contributed by atoms with Gasteiger partial charge in [-0.1, -0.05) is 35.3 Å². The second-order valence-corrected chi connectivity index (χ2v) is 9.05. The van der Waals surface area contributed by atoms with Gasteiger partial charge in [0.1, 0.15) is 10.6 Å². The Kier molecular flexibility index (Phi) is 7.43. The highest BCUT2D eigenvalue weighted by Gasteiger charge is 2.19. The third-order valence-electron chi connectivity index (χ3n) is 4.20. The maximum Gasteiger partial charge on any atom is 0.263 e. The van der Waals surface area contributed by atoms with Gasteiger partial charge in [-0.15, -0.1) is 0 Å². The number of nitrogens with one attached hydrogen (secondary N) is 2. The van der Waals surface area contributed by atoms with Crippen molar-refractivity contribution in [3.05, 3.63) is 82.3 Å². The summed E-state index contributed by atoms with van der Waals surface area (Å²) in [5, 5.41) is 3.31. The number of carbonyl (C=O) groups is 1. The smallest absolute Gasteiger partial charge is 0.263 e. The van der Waals surface area contributed by atoms with Gasteiger partial charge in [0, 0.05) is 16.4 Å². The van der Waals surface area contributed by atoms with Crippen LogP contribution in [0.25, 0.3) is 0 Å². The van der Waals surface area contributed by atoms with E-state index in [0.717, 1.165) is 5.56 Å². The molecule has 3 rings (SSSR count). The van der Waals surface area contributed by atoms with E-state index in [4.69, 9.17) is 27.9 Å². The lowest BCUT2D eigenvalue weighted by atomic mass is 10.1. The lowest BCUT2D eigenvalue weighted by molar-refractivity contribution is -0.115. The van der Waals surface area contributed by atoms with Crippen molar-refractivity contribution in [3.8, 4) is 5.75 Å². The van der Waals surface area contributed by atoms with Gasteiger partial charge < -0.3 is 10.1 Å². The first kappa shape index (κ1) is 22.9. The molecule has 3 aromatic carbocycles. The van der Waals surface area contributed by atoms with Gasteiger partial charge in [-0.3, -0.25) is 9.52 Å². The van der Waals surface area contributed by atoms with Gasteiger partial charge in [-0.2, -0.15) is 0 Å². The molecule has 0 aliphatic carbocycles. The van der Waals surface area contributed by atoms with E-state index in [1.165, 1.54) is 18.2 Å². The zero-order chi connectivity index (χ0) is 22.4. The molecular weight excluding hydrogens is 459 g/mol. The first-order valence-corrected chi connectivity index (χ1v) is 11.6. The van der Waals surface area contributed by atoms with E-state index in [2.05, 4.69) is 10.0 Å². The summed E-state index contributed by atoms with van der Waals surface area (Å²) in [6.07, 6.45) is 0.117. The summed E-state index contributed by atoms with van der Waals surface area (Å²) in [7, 11) is -3.98. The van der Waals surface area contributed by atoms with Crippen LogP contribution in [0.5, 0.6) is 5.75 Å². The highest BCUT2D eigenvalue weighted by molar-refractivity contribution is 7.92. The molecule has 0 fully saturated rings. The number of ether oxygens (including phenoxy) is 1. The van der Waals surface area contributed by atoms with Gasteiger partial charge in [0.05, 0.1) is 18.1 Å². The zero-order valence-corrected chi connectivity index (χ0v) is 18.9. The minimum absolute atomic E-state index is 0.0362. The Morgan fingerprint density at radius 1 is 0.935 bits per heavy atom. The molecule has 0 bridgehead atoms. The Bertz CT molecular complexity index is 1170. The van der Waals surface area contributed by atoms with Gasteiger partial charge in [-0.05, 0) is 67.1 Å². The summed E-state index contributed by atoms with van der Waals surface area (Å²) in [4.78, 5) is 12.2. The third kappa shape index (κ3) is 6.37. The van der Waals surface area contributed by atoms with E-state index in [-0.39, 0.29) is 22.2 Å². The Morgan fingerprint density at radius 2 is 1.58 bits per heavy atom. The molecule has 0 spiro atoms. The number of rotatable bonds is 8. The van der Waals surface area contributed by atoms with Crippen LogP contribution in [0, 0.1) is 0 Å². The third-order valence-corrected chi connectivity index (χ3v) is 6.31. The number of amides is 1. The predicted octanol–water partition coefficient (Wildman–Crippen LogP) is 5.37. The Balaban J connectivity index is 1.74. The van der Waals surface area contributed by atoms with E-state index in [1.807, 2.05) is 6.92 Å². The maximum absolute atomic E-state index is 12.8. The SMILES string of the molecule is CCOc1ccc(NS(=O)(=O)c2cc(NC(=O)Cc3ccc(Cl)cc3)ccc2Cl)cc1. The topological polar surface area (TPSA) is 84.5 Å². The number of hydrogen-bond acceptors (Lipinski definition) is 4. The molecule has 0 saturated heterocycles. The van der Waals surface area contributed by atoms with Gasteiger partial charge in [-0.25, -0.2) is 8.42 Å². The van der Waals surface area contributed by atoms with Gasteiger partial charge >= 0.3 is 0 Å². The van der Waals surface area contributed by atoms with Crippen molar-refractivity contribution >= 4 is 50.5 Å². The molecule has 0 heterocycles. The minimum atomic E-state index is -3.98. The maximum atomic E-state index is 12.8. The average molecular weight is 479 g/mol. The predicted molar refractivity (Wildman–Crippen MR) is 124 cm³/mol. The molecule has 3 aromatic rings. The number of hydrogen-bond donors (Lipinski definition) is 2. The summed E-state index contributed by atoms with van der Waals surface area (Å²) >= 11 is 12.0. The molecule has 0 aliphatic rings. The Hall–Kier alpha value is -2.74. The van der Waals surface area contributed by atoms with E-state index in [0.29, 0.717) is 28.8 Å². The molecule has 0 radical (unpaired) electrons. The summed E-state index contributed by atoms with van der Waals surface area (Å²) in [5.74, 6) is 0.335. The fourth-order valence-corrected chi connectivity index (χ4v) is 4.49. The molecule has 2 N–H and O–H groups in total. The number of sulfonamides is 1. The largest absolute Gasteiger partial charge is 0.494 e.